The molecule has 2 aromatic carbocycles. The Bertz CT molecular complexity index is 1490. The van der Waals surface area contributed by atoms with Crippen LogP contribution in [0.5, 0.6) is 17.2 Å². The van der Waals surface area contributed by atoms with Gasteiger partial charge in [-0.05, 0) is 77.0 Å². The van der Waals surface area contributed by atoms with Crippen LogP contribution in [0.3, 0.4) is 0 Å². The molecule has 0 radical (unpaired) electrons. The zero-order chi connectivity index (χ0) is 29.6. The molecule has 2 aliphatic heterocycles. The van der Waals surface area contributed by atoms with Gasteiger partial charge >= 0.3 is 0 Å². The molecule has 1 atom stereocenters. The second-order valence-electron chi connectivity index (χ2n) is 9.44. The molecular formula is C28H32BrN7O6. The van der Waals surface area contributed by atoms with Crippen LogP contribution in [0.1, 0.15) is 32.4 Å². The van der Waals surface area contributed by atoms with Crippen molar-refractivity contribution in [2.24, 2.45) is 0 Å². The lowest BCUT2D eigenvalue weighted by Crippen LogP contribution is -2.43. The standard InChI is InChI=1S/C28H32BrN7O6/c1-4-40-21-9-7-6-8-20(21)31-27(38)24-17(3)30-28-32-33-34-36(28)25(24)18-14-19(29)26(22(15-18)41-5-2)42-16-23(37)35-10-12-39-13-11-35/h6-9,14-15,25H,4-5,10-13,16H2,1-3H3,(H,31,38)(H,30,32,34). The molecule has 0 spiro atoms. The van der Waals surface area contributed by atoms with Crippen molar-refractivity contribution in [3.05, 3.63) is 57.7 Å². The van der Waals surface area contributed by atoms with Crippen molar-refractivity contribution < 1.29 is 28.5 Å². The highest BCUT2D eigenvalue weighted by Crippen LogP contribution is 2.43. The zero-order valence-electron chi connectivity index (χ0n) is 23.6. The number of carbonyl (C=O) groups is 2. The maximum atomic E-state index is 13.9. The number of rotatable bonds is 10. The summed E-state index contributed by atoms with van der Waals surface area (Å²) < 4.78 is 25.0. The Morgan fingerprint density at radius 3 is 2.60 bits per heavy atom. The molecule has 5 rings (SSSR count). The zero-order valence-corrected chi connectivity index (χ0v) is 25.1. The Morgan fingerprint density at radius 2 is 1.83 bits per heavy atom. The summed E-state index contributed by atoms with van der Waals surface area (Å²) in [7, 11) is 0. The van der Waals surface area contributed by atoms with Crippen molar-refractivity contribution in [1.29, 1.82) is 0 Å². The van der Waals surface area contributed by atoms with Gasteiger partial charge in [0.05, 0.1) is 42.2 Å². The van der Waals surface area contributed by atoms with Crippen LogP contribution in [-0.2, 0) is 14.3 Å². The number of hydrogen-bond donors (Lipinski definition) is 2. The van der Waals surface area contributed by atoms with Crippen LogP contribution >= 0.6 is 15.9 Å². The molecule has 1 saturated heterocycles. The molecule has 1 unspecified atom stereocenters. The summed E-state index contributed by atoms with van der Waals surface area (Å²) in [5.74, 6) is 1.23. The minimum Gasteiger partial charge on any atom is -0.492 e. The second kappa shape index (κ2) is 13.2. The number of hydrogen-bond acceptors (Lipinski definition) is 10. The van der Waals surface area contributed by atoms with Gasteiger partial charge in [-0.15, -0.1) is 0 Å². The number of nitrogens with one attached hydrogen (secondary N) is 2. The SMILES string of the molecule is CCOc1ccccc1NC(=O)C1=C(C)Nc2nnnn2C1c1cc(Br)c(OCC(=O)N2CCOCC2)c(OCC)c1. The molecule has 2 aliphatic rings. The van der Waals surface area contributed by atoms with E-state index in [2.05, 4.69) is 42.1 Å². The van der Waals surface area contributed by atoms with Gasteiger partial charge in [-0.25, -0.2) is 0 Å². The largest absolute Gasteiger partial charge is 0.492 e. The third kappa shape index (κ3) is 6.19. The first kappa shape index (κ1) is 29.3. The third-order valence-corrected chi connectivity index (χ3v) is 7.33. The van der Waals surface area contributed by atoms with Gasteiger partial charge in [0.2, 0.25) is 5.95 Å². The lowest BCUT2D eigenvalue weighted by molar-refractivity contribution is -0.137. The molecule has 0 aliphatic carbocycles. The maximum Gasteiger partial charge on any atom is 0.260 e. The van der Waals surface area contributed by atoms with E-state index in [1.165, 1.54) is 4.68 Å². The number of aromatic nitrogens is 4. The highest BCUT2D eigenvalue weighted by atomic mass is 79.9. The number of anilines is 2. The number of tetrazole rings is 1. The van der Waals surface area contributed by atoms with Crippen molar-refractivity contribution >= 4 is 39.4 Å². The van der Waals surface area contributed by atoms with E-state index in [0.29, 0.717) is 89.7 Å². The Morgan fingerprint density at radius 1 is 1.10 bits per heavy atom. The van der Waals surface area contributed by atoms with E-state index in [9.17, 15) is 9.59 Å². The summed E-state index contributed by atoms with van der Waals surface area (Å²) in [4.78, 5) is 28.3. The summed E-state index contributed by atoms with van der Waals surface area (Å²) in [6.07, 6.45) is 0. The van der Waals surface area contributed by atoms with Crippen LogP contribution in [0.4, 0.5) is 11.6 Å². The number of amides is 2. The first-order valence-corrected chi connectivity index (χ1v) is 14.4. The van der Waals surface area contributed by atoms with Gasteiger partial charge in [-0.1, -0.05) is 17.2 Å². The highest BCUT2D eigenvalue weighted by Gasteiger charge is 2.35. The van der Waals surface area contributed by atoms with Gasteiger partial charge in [0.25, 0.3) is 11.8 Å². The lowest BCUT2D eigenvalue weighted by atomic mass is 9.94. The fraction of sp³-hybridized carbons (Fsp3) is 0.393. The molecule has 3 heterocycles. The van der Waals surface area contributed by atoms with Gasteiger partial charge in [0.1, 0.15) is 11.8 Å². The fourth-order valence-corrected chi connectivity index (χ4v) is 5.42. The second-order valence-corrected chi connectivity index (χ2v) is 10.3. The third-order valence-electron chi connectivity index (χ3n) is 6.75. The first-order valence-electron chi connectivity index (χ1n) is 13.6. The molecule has 0 bridgehead atoms. The molecule has 3 aromatic rings. The van der Waals surface area contributed by atoms with E-state index in [1.807, 2.05) is 32.0 Å². The van der Waals surface area contributed by atoms with E-state index in [0.717, 1.165) is 0 Å². The number of ether oxygens (including phenoxy) is 4. The van der Waals surface area contributed by atoms with Crippen molar-refractivity contribution in [2.75, 3.05) is 56.8 Å². The van der Waals surface area contributed by atoms with Crippen LogP contribution in [0.25, 0.3) is 0 Å². The fourth-order valence-electron chi connectivity index (χ4n) is 4.84. The first-order chi connectivity index (χ1) is 20.4. The normalized spacial score (nSPS) is 16.4. The van der Waals surface area contributed by atoms with Crippen LogP contribution in [0.2, 0.25) is 0 Å². The molecule has 222 valence electrons. The summed E-state index contributed by atoms with van der Waals surface area (Å²) in [5.41, 5.74) is 2.18. The average Bonchev–Trinajstić information content (AvgIpc) is 3.45. The molecule has 13 nitrogen and oxygen atoms in total. The van der Waals surface area contributed by atoms with Crippen LogP contribution < -0.4 is 24.8 Å². The smallest absolute Gasteiger partial charge is 0.260 e. The van der Waals surface area contributed by atoms with Crippen LogP contribution in [0.15, 0.2) is 52.1 Å². The number of benzene rings is 2. The topological polar surface area (TPSA) is 142 Å². The molecular weight excluding hydrogens is 610 g/mol. The van der Waals surface area contributed by atoms with Crippen molar-refractivity contribution in [2.45, 2.75) is 26.8 Å². The number of carbonyl (C=O) groups excluding carboxylic acids is 2. The molecule has 1 aromatic heterocycles. The van der Waals surface area contributed by atoms with Crippen molar-refractivity contribution in [3.63, 3.8) is 0 Å². The van der Waals surface area contributed by atoms with Crippen LogP contribution in [-0.4, -0.2) is 83.0 Å². The van der Waals surface area contributed by atoms with Crippen LogP contribution in [0, 0.1) is 0 Å². The van der Waals surface area contributed by atoms with Gasteiger partial charge < -0.3 is 34.5 Å². The number of morpholine rings is 1. The molecule has 1 fully saturated rings. The predicted octanol–water partition coefficient (Wildman–Crippen LogP) is 3.40. The quantitative estimate of drug-likeness (QED) is 0.338. The number of allylic oxidation sites excluding steroid dienone is 1. The minimum absolute atomic E-state index is 0.140. The molecule has 42 heavy (non-hydrogen) atoms. The molecule has 2 amide bonds. The lowest BCUT2D eigenvalue weighted by Gasteiger charge is -2.29. The summed E-state index contributed by atoms with van der Waals surface area (Å²) in [6.45, 7) is 8.23. The molecule has 14 heteroatoms. The Labute approximate surface area is 251 Å². The number of halogens is 1. The summed E-state index contributed by atoms with van der Waals surface area (Å²) in [5, 5.41) is 18.2. The monoisotopic (exact) mass is 641 g/mol. The van der Waals surface area contributed by atoms with Gasteiger partial charge in [-0.3, -0.25) is 9.59 Å². The summed E-state index contributed by atoms with van der Waals surface area (Å²) >= 11 is 3.60. The summed E-state index contributed by atoms with van der Waals surface area (Å²) in [6, 6.07) is 10.1. The number of fused-ring (bicyclic) bond motifs is 1. The number of para-hydroxylation sites is 2. The van der Waals surface area contributed by atoms with E-state index in [4.69, 9.17) is 18.9 Å². The van der Waals surface area contributed by atoms with E-state index >= 15 is 0 Å². The maximum absolute atomic E-state index is 13.9. The molecule has 0 saturated carbocycles. The predicted molar refractivity (Wildman–Crippen MR) is 157 cm³/mol. The number of nitrogens with zero attached hydrogens (tertiary/aromatic N) is 5. The molecule has 2 N–H and O–H groups in total. The van der Waals surface area contributed by atoms with E-state index in [-0.39, 0.29) is 18.4 Å². The van der Waals surface area contributed by atoms with Crippen molar-refractivity contribution in [3.8, 4) is 17.2 Å². The minimum atomic E-state index is -0.713. The van der Waals surface area contributed by atoms with Gasteiger partial charge in [0.15, 0.2) is 18.1 Å². The van der Waals surface area contributed by atoms with E-state index < -0.39 is 6.04 Å². The Balaban J connectivity index is 1.48. The highest BCUT2D eigenvalue weighted by molar-refractivity contribution is 9.10. The van der Waals surface area contributed by atoms with Gasteiger partial charge in [0, 0.05) is 18.8 Å². The average molecular weight is 643 g/mol. The van der Waals surface area contributed by atoms with Crippen molar-refractivity contribution in [1.82, 2.24) is 25.1 Å². The van der Waals surface area contributed by atoms with Gasteiger partial charge in [-0.2, -0.15) is 4.68 Å². The Hall–Kier alpha value is -4.17. The Kier molecular flexibility index (Phi) is 9.22. The van der Waals surface area contributed by atoms with E-state index in [1.54, 1.807) is 30.0 Å².